The van der Waals surface area contributed by atoms with Crippen LogP contribution in [0, 0.1) is 0 Å². The van der Waals surface area contributed by atoms with Gasteiger partial charge in [-0.05, 0) is 12.1 Å². The van der Waals surface area contributed by atoms with Gasteiger partial charge in [0.2, 0.25) is 0 Å². The standard InChI is InChI=1S/C13H12N4S/c1-2-4-12-11(3-1)13(16-8-15-12)14-6-5-10-7-18-9-17-10/h1-4,7-9H,5-6H2,(H,14,15,16). The van der Waals surface area contributed by atoms with Crippen LogP contribution in [0.5, 0.6) is 0 Å². The molecule has 0 aliphatic rings. The Morgan fingerprint density at radius 1 is 1.11 bits per heavy atom. The monoisotopic (exact) mass is 256 g/mol. The van der Waals surface area contributed by atoms with Crippen molar-refractivity contribution >= 4 is 28.1 Å². The first-order valence-corrected chi connectivity index (χ1v) is 6.68. The first-order chi connectivity index (χ1) is 8.93. The number of thiazole rings is 1. The van der Waals surface area contributed by atoms with Crippen LogP contribution in [0.1, 0.15) is 5.69 Å². The van der Waals surface area contributed by atoms with E-state index in [1.54, 1.807) is 17.7 Å². The van der Waals surface area contributed by atoms with E-state index in [1.165, 1.54) is 0 Å². The third kappa shape index (κ3) is 2.31. The molecule has 18 heavy (non-hydrogen) atoms. The molecule has 0 spiro atoms. The minimum absolute atomic E-state index is 0.824. The van der Waals surface area contributed by atoms with Gasteiger partial charge in [0.15, 0.2) is 0 Å². The highest BCUT2D eigenvalue weighted by Crippen LogP contribution is 2.18. The zero-order valence-electron chi connectivity index (χ0n) is 9.71. The van der Waals surface area contributed by atoms with E-state index in [0.717, 1.165) is 35.4 Å². The quantitative estimate of drug-likeness (QED) is 0.779. The second-order valence-electron chi connectivity index (χ2n) is 3.90. The zero-order valence-corrected chi connectivity index (χ0v) is 10.5. The fourth-order valence-corrected chi connectivity index (χ4v) is 2.41. The predicted octanol–water partition coefficient (Wildman–Crippen LogP) is 2.74. The van der Waals surface area contributed by atoms with Crippen LogP contribution in [0.4, 0.5) is 5.82 Å². The van der Waals surface area contributed by atoms with Crippen molar-refractivity contribution < 1.29 is 0 Å². The van der Waals surface area contributed by atoms with Crippen LogP contribution in [-0.2, 0) is 6.42 Å². The minimum atomic E-state index is 0.824. The number of nitrogens with zero attached hydrogens (tertiary/aromatic N) is 3. The van der Waals surface area contributed by atoms with Gasteiger partial charge in [0.25, 0.3) is 0 Å². The molecule has 0 saturated heterocycles. The zero-order chi connectivity index (χ0) is 12.2. The van der Waals surface area contributed by atoms with E-state index in [0.29, 0.717) is 0 Å². The van der Waals surface area contributed by atoms with Crippen molar-refractivity contribution in [1.29, 1.82) is 0 Å². The first-order valence-electron chi connectivity index (χ1n) is 5.74. The van der Waals surface area contributed by atoms with E-state index in [2.05, 4.69) is 25.6 Å². The SMILES string of the molecule is c1ccc2c(NCCc3cscn3)ncnc2c1. The Morgan fingerprint density at radius 3 is 2.94 bits per heavy atom. The van der Waals surface area contributed by atoms with Crippen molar-refractivity contribution in [1.82, 2.24) is 15.0 Å². The lowest BCUT2D eigenvalue weighted by molar-refractivity contribution is 0.968. The average Bonchev–Trinajstić information content (AvgIpc) is 2.92. The molecule has 0 aliphatic heterocycles. The van der Waals surface area contributed by atoms with Gasteiger partial charge in [0.05, 0.1) is 16.7 Å². The molecule has 1 N–H and O–H groups in total. The second kappa shape index (κ2) is 5.10. The van der Waals surface area contributed by atoms with E-state index in [1.807, 2.05) is 29.8 Å². The molecule has 2 heterocycles. The number of rotatable bonds is 4. The molecule has 0 unspecified atom stereocenters. The Balaban J connectivity index is 1.74. The third-order valence-corrected chi connectivity index (χ3v) is 3.34. The minimum Gasteiger partial charge on any atom is -0.369 e. The number of benzene rings is 1. The summed E-state index contributed by atoms with van der Waals surface area (Å²) in [6, 6.07) is 7.99. The van der Waals surface area contributed by atoms with Gasteiger partial charge in [-0.2, -0.15) is 0 Å². The largest absolute Gasteiger partial charge is 0.369 e. The van der Waals surface area contributed by atoms with E-state index in [-0.39, 0.29) is 0 Å². The summed E-state index contributed by atoms with van der Waals surface area (Å²) in [6.07, 6.45) is 2.50. The average molecular weight is 256 g/mol. The summed E-state index contributed by atoms with van der Waals surface area (Å²) in [4.78, 5) is 12.8. The molecule has 3 aromatic rings. The molecule has 0 saturated carbocycles. The van der Waals surface area contributed by atoms with Crippen LogP contribution in [0.25, 0.3) is 10.9 Å². The molecular weight excluding hydrogens is 244 g/mol. The predicted molar refractivity (Wildman–Crippen MR) is 73.8 cm³/mol. The van der Waals surface area contributed by atoms with Gasteiger partial charge < -0.3 is 5.32 Å². The fourth-order valence-electron chi connectivity index (χ4n) is 1.82. The molecule has 0 radical (unpaired) electrons. The van der Waals surface area contributed by atoms with Gasteiger partial charge in [-0.15, -0.1) is 11.3 Å². The van der Waals surface area contributed by atoms with Crippen molar-refractivity contribution in [3.05, 3.63) is 47.2 Å². The summed E-state index contributed by atoms with van der Waals surface area (Å²) < 4.78 is 0. The highest BCUT2D eigenvalue weighted by Gasteiger charge is 2.02. The maximum Gasteiger partial charge on any atom is 0.137 e. The number of para-hydroxylation sites is 1. The number of aromatic nitrogens is 3. The normalized spacial score (nSPS) is 10.7. The molecule has 0 aliphatic carbocycles. The molecule has 5 heteroatoms. The summed E-state index contributed by atoms with van der Waals surface area (Å²) in [5, 5.41) is 6.46. The van der Waals surface area contributed by atoms with E-state index < -0.39 is 0 Å². The lowest BCUT2D eigenvalue weighted by Crippen LogP contribution is -2.07. The molecule has 4 nitrogen and oxygen atoms in total. The van der Waals surface area contributed by atoms with E-state index in [9.17, 15) is 0 Å². The first kappa shape index (κ1) is 11.1. The van der Waals surface area contributed by atoms with Crippen molar-refractivity contribution in [2.24, 2.45) is 0 Å². The van der Waals surface area contributed by atoms with Crippen molar-refractivity contribution in [3.8, 4) is 0 Å². The number of anilines is 1. The molecule has 2 aromatic heterocycles. The molecular formula is C13H12N4S. The van der Waals surface area contributed by atoms with Gasteiger partial charge >= 0.3 is 0 Å². The number of hydrogen-bond donors (Lipinski definition) is 1. The number of hydrogen-bond acceptors (Lipinski definition) is 5. The summed E-state index contributed by atoms with van der Waals surface area (Å²) in [5.74, 6) is 0.885. The summed E-state index contributed by atoms with van der Waals surface area (Å²) in [5.41, 5.74) is 3.93. The van der Waals surface area contributed by atoms with E-state index >= 15 is 0 Å². The molecule has 0 bridgehead atoms. The maximum absolute atomic E-state index is 4.29. The highest BCUT2D eigenvalue weighted by atomic mass is 32.1. The summed E-state index contributed by atoms with van der Waals surface area (Å²) >= 11 is 1.62. The van der Waals surface area contributed by atoms with Crippen molar-refractivity contribution in [2.75, 3.05) is 11.9 Å². The molecule has 1 aromatic carbocycles. The highest BCUT2D eigenvalue weighted by molar-refractivity contribution is 7.07. The summed E-state index contributed by atoms with van der Waals surface area (Å²) in [6.45, 7) is 0.824. The van der Waals surface area contributed by atoms with Crippen LogP contribution in [-0.4, -0.2) is 21.5 Å². The lowest BCUT2D eigenvalue weighted by atomic mass is 10.2. The lowest BCUT2D eigenvalue weighted by Gasteiger charge is -2.06. The van der Waals surface area contributed by atoms with E-state index in [4.69, 9.17) is 0 Å². The number of fused-ring (bicyclic) bond motifs is 1. The summed E-state index contributed by atoms with van der Waals surface area (Å²) in [7, 11) is 0. The molecule has 3 rings (SSSR count). The second-order valence-corrected chi connectivity index (χ2v) is 4.61. The maximum atomic E-state index is 4.29. The van der Waals surface area contributed by atoms with Gasteiger partial charge in [0, 0.05) is 23.7 Å². The number of nitrogens with one attached hydrogen (secondary N) is 1. The molecule has 90 valence electrons. The van der Waals surface area contributed by atoms with Gasteiger partial charge in [-0.3, -0.25) is 0 Å². The van der Waals surface area contributed by atoms with Gasteiger partial charge in [-0.25, -0.2) is 15.0 Å². The van der Waals surface area contributed by atoms with Crippen LogP contribution in [0.3, 0.4) is 0 Å². The van der Waals surface area contributed by atoms with Gasteiger partial charge in [0.1, 0.15) is 12.1 Å². The smallest absolute Gasteiger partial charge is 0.137 e. The third-order valence-electron chi connectivity index (χ3n) is 2.70. The molecule has 0 fully saturated rings. The molecule has 0 atom stereocenters. The van der Waals surface area contributed by atoms with Crippen LogP contribution in [0.15, 0.2) is 41.5 Å². The Morgan fingerprint density at radius 2 is 2.06 bits per heavy atom. The Kier molecular flexibility index (Phi) is 3.14. The van der Waals surface area contributed by atoms with Gasteiger partial charge in [-0.1, -0.05) is 12.1 Å². The van der Waals surface area contributed by atoms with Crippen LogP contribution in [0.2, 0.25) is 0 Å². The van der Waals surface area contributed by atoms with Crippen LogP contribution >= 0.6 is 11.3 Å². The van der Waals surface area contributed by atoms with Crippen molar-refractivity contribution in [3.63, 3.8) is 0 Å². The molecule has 0 amide bonds. The van der Waals surface area contributed by atoms with Crippen LogP contribution < -0.4 is 5.32 Å². The Labute approximate surface area is 109 Å². The Bertz CT molecular complexity index is 631. The fraction of sp³-hybridized carbons (Fsp3) is 0.154. The Hall–Kier alpha value is -2.01. The van der Waals surface area contributed by atoms with Crippen molar-refractivity contribution in [2.45, 2.75) is 6.42 Å². The topological polar surface area (TPSA) is 50.7 Å².